The van der Waals surface area contributed by atoms with Crippen LogP contribution in [0.3, 0.4) is 0 Å². The van der Waals surface area contributed by atoms with Crippen molar-refractivity contribution in [2.24, 2.45) is 0 Å². The van der Waals surface area contributed by atoms with E-state index in [0.717, 1.165) is 41.8 Å². The van der Waals surface area contributed by atoms with Gasteiger partial charge in [0.2, 0.25) is 0 Å². The highest BCUT2D eigenvalue weighted by molar-refractivity contribution is 9.10. The molecule has 1 N–H and O–H groups in total. The van der Waals surface area contributed by atoms with E-state index in [0.29, 0.717) is 6.04 Å². The van der Waals surface area contributed by atoms with Gasteiger partial charge in [-0.25, -0.2) is 0 Å². The van der Waals surface area contributed by atoms with Crippen molar-refractivity contribution in [1.82, 2.24) is 5.32 Å². The van der Waals surface area contributed by atoms with Gasteiger partial charge in [-0.15, -0.1) is 0 Å². The molecule has 23 heavy (non-hydrogen) atoms. The number of methoxy groups -OCH3 is 2. The van der Waals surface area contributed by atoms with Gasteiger partial charge < -0.3 is 14.8 Å². The maximum absolute atomic E-state index is 5.47. The van der Waals surface area contributed by atoms with Gasteiger partial charge in [-0.3, -0.25) is 0 Å². The van der Waals surface area contributed by atoms with Crippen molar-refractivity contribution in [1.29, 1.82) is 0 Å². The predicted molar refractivity (Wildman–Crippen MR) is 96.5 cm³/mol. The fourth-order valence-electron chi connectivity index (χ4n) is 3.23. The van der Waals surface area contributed by atoms with Crippen LogP contribution in [-0.2, 0) is 12.8 Å². The summed E-state index contributed by atoms with van der Waals surface area (Å²) in [6.45, 7) is 1.01. The van der Waals surface area contributed by atoms with Crippen LogP contribution in [0.4, 0.5) is 0 Å². The fourth-order valence-corrected chi connectivity index (χ4v) is 3.68. The van der Waals surface area contributed by atoms with E-state index in [4.69, 9.17) is 9.47 Å². The van der Waals surface area contributed by atoms with Crippen LogP contribution in [0.15, 0.2) is 40.9 Å². The molecule has 0 amide bonds. The molecule has 2 aromatic rings. The molecule has 1 aliphatic rings. The summed E-state index contributed by atoms with van der Waals surface area (Å²) in [5, 5.41) is 3.64. The van der Waals surface area contributed by atoms with Gasteiger partial charge in [-0.2, -0.15) is 0 Å². The number of aryl methyl sites for hydroxylation is 1. The lowest BCUT2D eigenvalue weighted by atomic mass is 9.90. The molecule has 1 heterocycles. The fraction of sp³-hybridized carbons (Fsp3) is 0.368. The summed E-state index contributed by atoms with van der Waals surface area (Å²) in [6, 6.07) is 13.1. The Balaban J connectivity index is 1.80. The molecule has 2 aromatic carbocycles. The third kappa shape index (κ3) is 3.70. The second-order valence-electron chi connectivity index (χ2n) is 5.83. The lowest BCUT2D eigenvalue weighted by Gasteiger charge is -2.28. The molecule has 0 radical (unpaired) electrons. The van der Waals surface area contributed by atoms with Gasteiger partial charge in [0, 0.05) is 10.5 Å². The van der Waals surface area contributed by atoms with E-state index in [1.54, 1.807) is 14.2 Å². The molecule has 4 heteroatoms. The molecule has 0 fully saturated rings. The smallest absolute Gasteiger partial charge is 0.161 e. The first kappa shape index (κ1) is 16.3. The highest BCUT2D eigenvalue weighted by atomic mass is 79.9. The van der Waals surface area contributed by atoms with E-state index in [1.807, 2.05) is 0 Å². The molecule has 0 spiro atoms. The van der Waals surface area contributed by atoms with Crippen LogP contribution in [0.2, 0.25) is 0 Å². The molecule has 0 saturated heterocycles. The number of fused-ring (bicyclic) bond motifs is 1. The Kier molecular flexibility index (Phi) is 5.23. The number of halogens is 1. The molecule has 3 rings (SSSR count). The van der Waals surface area contributed by atoms with Crippen LogP contribution < -0.4 is 14.8 Å². The SMILES string of the molecule is COc1cc2c(cc1OC)C(CCc1cccc(Br)c1)NCC2. The summed E-state index contributed by atoms with van der Waals surface area (Å²) in [5.74, 6) is 1.63. The third-order valence-corrected chi connectivity index (χ3v) is 4.91. The van der Waals surface area contributed by atoms with Gasteiger partial charge in [-0.1, -0.05) is 28.1 Å². The van der Waals surface area contributed by atoms with Crippen LogP contribution in [0.5, 0.6) is 11.5 Å². The van der Waals surface area contributed by atoms with E-state index in [2.05, 4.69) is 57.6 Å². The van der Waals surface area contributed by atoms with Crippen LogP contribution in [0.1, 0.15) is 29.2 Å². The van der Waals surface area contributed by atoms with Crippen molar-refractivity contribution in [2.75, 3.05) is 20.8 Å². The first-order valence-corrected chi connectivity index (χ1v) is 8.73. The van der Waals surface area contributed by atoms with Crippen LogP contribution >= 0.6 is 15.9 Å². The number of benzene rings is 2. The van der Waals surface area contributed by atoms with Crippen LogP contribution in [0.25, 0.3) is 0 Å². The third-order valence-electron chi connectivity index (χ3n) is 4.42. The van der Waals surface area contributed by atoms with Crippen molar-refractivity contribution in [3.63, 3.8) is 0 Å². The second-order valence-corrected chi connectivity index (χ2v) is 6.75. The summed E-state index contributed by atoms with van der Waals surface area (Å²) in [7, 11) is 3.38. The quantitative estimate of drug-likeness (QED) is 0.845. The van der Waals surface area contributed by atoms with Crippen molar-refractivity contribution < 1.29 is 9.47 Å². The first-order chi connectivity index (χ1) is 11.2. The Morgan fingerprint density at radius 1 is 1.13 bits per heavy atom. The molecule has 0 bridgehead atoms. The minimum absolute atomic E-state index is 0.359. The second kappa shape index (κ2) is 7.37. The molecule has 0 aromatic heterocycles. The highest BCUT2D eigenvalue weighted by Gasteiger charge is 2.22. The van der Waals surface area contributed by atoms with E-state index >= 15 is 0 Å². The highest BCUT2D eigenvalue weighted by Crippen LogP contribution is 2.36. The Hall–Kier alpha value is -1.52. The number of rotatable bonds is 5. The minimum Gasteiger partial charge on any atom is -0.493 e. The topological polar surface area (TPSA) is 30.5 Å². The van der Waals surface area contributed by atoms with Crippen LogP contribution in [0, 0.1) is 0 Å². The maximum Gasteiger partial charge on any atom is 0.161 e. The summed E-state index contributed by atoms with van der Waals surface area (Å²) in [6.07, 6.45) is 3.15. The van der Waals surface area contributed by atoms with Gasteiger partial charge in [0.1, 0.15) is 0 Å². The van der Waals surface area contributed by atoms with E-state index in [1.165, 1.54) is 16.7 Å². The molecular formula is C19H22BrNO2. The molecule has 122 valence electrons. The zero-order valence-electron chi connectivity index (χ0n) is 13.6. The predicted octanol–water partition coefficient (Wildman–Crippen LogP) is 4.29. The van der Waals surface area contributed by atoms with Crippen molar-refractivity contribution in [3.8, 4) is 11.5 Å². The normalized spacial score (nSPS) is 16.7. The Bertz CT molecular complexity index is 687. The number of hydrogen-bond donors (Lipinski definition) is 1. The zero-order valence-corrected chi connectivity index (χ0v) is 15.2. The average molecular weight is 376 g/mol. The summed E-state index contributed by atoms with van der Waals surface area (Å²) < 4.78 is 12.0. The van der Waals surface area contributed by atoms with Gasteiger partial charge in [-0.05, 0) is 66.8 Å². The van der Waals surface area contributed by atoms with Crippen LogP contribution in [-0.4, -0.2) is 20.8 Å². The average Bonchev–Trinajstić information content (AvgIpc) is 2.58. The number of nitrogens with one attached hydrogen (secondary N) is 1. The summed E-state index contributed by atoms with van der Waals surface area (Å²) in [4.78, 5) is 0. The van der Waals surface area contributed by atoms with Crippen molar-refractivity contribution in [2.45, 2.75) is 25.3 Å². The molecule has 0 aliphatic carbocycles. The van der Waals surface area contributed by atoms with E-state index in [-0.39, 0.29) is 0 Å². The van der Waals surface area contributed by atoms with E-state index < -0.39 is 0 Å². The van der Waals surface area contributed by atoms with Gasteiger partial charge >= 0.3 is 0 Å². The molecule has 3 nitrogen and oxygen atoms in total. The summed E-state index contributed by atoms with van der Waals surface area (Å²) in [5.41, 5.74) is 4.05. The lowest BCUT2D eigenvalue weighted by Crippen LogP contribution is -2.30. The number of hydrogen-bond acceptors (Lipinski definition) is 3. The monoisotopic (exact) mass is 375 g/mol. The minimum atomic E-state index is 0.359. The molecule has 1 aliphatic heterocycles. The molecule has 1 unspecified atom stereocenters. The van der Waals surface area contributed by atoms with Crippen molar-refractivity contribution in [3.05, 3.63) is 57.6 Å². The molecule has 0 saturated carbocycles. The van der Waals surface area contributed by atoms with Gasteiger partial charge in [0.15, 0.2) is 11.5 Å². The maximum atomic E-state index is 5.47. The van der Waals surface area contributed by atoms with Gasteiger partial charge in [0.05, 0.1) is 14.2 Å². The Labute approximate surface area is 146 Å². The van der Waals surface area contributed by atoms with Gasteiger partial charge in [0.25, 0.3) is 0 Å². The summed E-state index contributed by atoms with van der Waals surface area (Å²) >= 11 is 3.54. The first-order valence-electron chi connectivity index (χ1n) is 7.94. The largest absolute Gasteiger partial charge is 0.493 e. The lowest BCUT2D eigenvalue weighted by molar-refractivity contribution is 0.351. The zero-order chi connectivity index (χ0) is 16.2. The van der Waals surface area contributed by atoms with Crippen molar-refractivity contribution >= 4 is 15.9 Å². The molecular weight excluding hydrogens is 354 g/mol. The Morgan fingerprint density at radius 3 is 2.65 bits per heavy atom. The number of ether oxygens (including phenoxy) is 2. The van der Waals surface area contributed by atoms with E-state index in [9.17, 15) is 0 Å². The standard InChI is InChI=1S/C19H22BrNO2/c1-22-18-11-14-8-9-21-17(16(14)12-19(18)23-2)7-6-13-4-3-5-15(20)10-13/h3-5,10-12,17,21H,6-9H2,1-2H3. The Morgan fingerprint density at radius 2 is 1.91 bits per heavy atom. The molecule has 1 atom stereocenters.